The molecule has 0 aliphatic heterocycles. The molecule has 2 rings (SSSR count). The van der Waals surface area contributed by atoms with Crippen LogP contribution in [-0.2, 0) is 6.42 Å². The maximum absolute atomic E-state index is 11.9. The molecule has 0 aliphatic carbocycles. The van der Waals surface area contributed by atoms with Crippen LogP contribution < -0.4 is 0 Å². The second kappa shape index (κ2) is 5.54. The first-order valence-corrected chi connectivity index (χ1v) is 6.10. The molecular formula is C12H13N3OS. The van der Waals surface area contributed by atoms with Crippen LogP contribution >= 0.6 is 11.5 Å². The van der Waals surface area contributed by atoms with Crippen molar-refractivity contribution in [1.82, 2.24) is 14.3 Å². The smallest absolute Gasteiger partial charge is 0.265 e. The first-order valence-electron chi connectivity index (χ1n) is 5.32. The summed E-state index contributed by atoms with van der Waals surface area (Å²) in [6.07, 6.45) is 6.01. The lowest BCUT2D eigenvalue weighted by Crippen LogP contribution is -2.28. The van der Waals surface area contributed by atoms with Crippen molar-refractivity contribution in [3.8, 4) is 0 Å². The molecule has 2 aromatic heterocycles. The maximum atomic E-state index is 11.9. The van der Waals surface area contributed by atoms with E-state index >= 15 is 0 Å². The molecule has 5 heteroatoms. The summed E-state index contributed by atoms with van der Waals surface area (Å²) in [5.74, 6) is 0.0292. The highest BCUT2D eigenvalue weighted by atomic mass is 32.1. The summed E-state index contributed by atoms with van der Waals surface area (Å²) in [6.45, 7) is 0.695. The summed E-state index contributed by atoms with van der Waals surface area (Å²) in [5.41, 5.74) is 1.18. The van der Waals surface area contributed by atoms with Crippen molar-refractivity contribution in [3.63, 3.8) is 0 Å². The Bertz CT molecular complexity index is 470. The van der Waals surface area contributed by atoms with Crippen molar-refractivity contribution >= 4 is 17.4 Å². The molecule has 0 saturated heterocycles. The van der Waals surface area contributed by atoms with Crippen molar-refractivity contribution in [1.29, 1.82) is 0 Å². The van der Waals surface area contributed by atoms with Crippen LogP contribution in [0.3, 0.4) is 0 Å². The third kappa shape index (κ3) is 3.10. The quantitative estimate of drug-likeness (QED) is 0.828. The highest BCUT2D eigenvalue weighted by Crippen LogP contribution is 2.08. The minimum absolute atomic E-state index is 0.0292. The Balaban J connectivity index is 1.90. The van der Waals surface area contributed by atoms with E-state index in [0.717, 1.165) is 6.42 Å². The second-order valence-electron chi connectivity index (χ2n) is 3.71. The Morgan fingerprint density at radius 1 is 1.29 bits per heavy atom. The average Bonchev–Trinajstić information content (AvgIpc) is 2.90. The van der Waals surface area contributed by atoms with E-state index in [2.05, 4.69) is 9.36 Å². The van der Waals surface area contributed by atoms with Gasteiger partial charge < -0.3 is 4.90 Å². The van der Waals surface area contributed by atoms with Crippen LogP contribution in [0.4, 0.5) is 0 Å². The summed E-state index contributed by atoms with van der Waals surface area (Å²) in [6, 6.07) is 5.67. The van der Waals surface area contributed by atoms with Gasteiger partial charge in [-0.1, -0.05) is 0 Å². The zero-order chi connectivity index (χ0) is 12.1. The molecule has 0 aromatic carbocycles. The molecule has 0 saturated carbocycles. The molecule has 4 nitrogen and oxygen atoms in total. The van der Waals surface area contributed by atoms with Crippen LogP contribution in [0, 0.1) is 0 Å². The molecule has 0 aliphatic rings. The minimum Gasteiger partial charge on any atom is -0.341 e. The van der Waals surface area contributed by atoms with E-state index in [9.17, 15) is 4.79 Å². The van der Waals surface area contributed by atoms with Gasteiger partial charge in [-0.3, -0.25) is 9.78 Å². The van der Waals surface area contributed by atoms with Gasteiger partial charge in [-0.05, 0) is 41.7 Å². The molecule has 2 heterocycles. The number of amides is 1. The average molecular weight is 247 g/mol. The number of hydrogen-bond acceptors (Lipinski definition) is 4. The van der Waals surface area contributed by atoms with Gasteiger partial charge in [-0.25, -0.2) is 4.37 Å². The zero-order valence-electron chi connectivity index (χ0n) is 9.54. The van der Waals surface area contributed by atoms with E-state index in [1.165, 1.54) is 17.1 Å². The number of aromatic nitrogens is 2. The minimum atomic E-state index is 0.0292. The molecule has 0 fully saturated rings. The summed E-state index contributed by atoms with van der Waals surface area (Å²) < 4.78 is 3.93. The van der Waals surface area contributed by atoms with E-state index < -0.39 is 0 Å². The second-order valence-corrected chi connectivity index (χ2v) is 4.54. The van der Waals surface area contributed by atoms with E-state index in [1.807, 2.05) is 19.2 Å². The number of carbonyl (C=O) groups is 1. The van der Waals surface area contributed by atoms with Crippen LogP contribution in [0.15, 0.2) is 36.8 Å². The lowest BCUT2D eigenvalue weighted by molar-refractivity contribution is 0.0801. The van der Waals surface area contributed by atoms with Crippen molar-refractivity contribution < 1.29 is 4.79 Å². The monoisotopic (exact) mass is 247 g/mol. The Morgan fingerprint density at radius 3 is 2.71 bits per heavy atom. The van der Waals surface area contributed by atoms with Gasteiger partial charge in [0, 0.05) is 32.2 Å². The number of nitrogens with zero attached hydrogens (tertiary/aromatic N) is 3. The Kier molecular flexibility index (Phi) is 3.82. The SMILES string of the molecule is CN(CCc1ccncc1)C(=O)c1ccns1. The van der Waals surface area contributed by atoms with Crippen LogP contribution in [0.2, 0.25) is 0 Å². The molecule has 2 aromatic rings. The van der Waals surface area contributed by atoms with Crippen LogP contribution in [0.25, 0.3) is 0 Å². The Morgan fingerprint density at radius 2 is 2.06 bits per heavy atom. The van der Waals surface area contributed by atoms with Gasteiger partial charge >= 0.3 is 0 Å². The molecule has 0 spiro atoms. The molecule has 0 N–H and O–H groups in total. The number of hydrogen-bond donors (Lipinski definition) is 0. The Labute approximate surface area is 104 Å². The van der Waals surface area contributed by atoms with E-state index in [-0.39, 0.29) is 5.91 Å². The summed E-state index contributed by atoms with van der Waals surface area (Å²) >= 11 is 1.23. The molecule has 0 unspecified atom stereocenters. The van der Waals surface area contributed by atoms with Gasteiger partial charge in [0.1, 0.15) is 4.88 Å². The molecule has 1 amide bonds. The van der Waals surface area contributed by atoms with E-state index in [0.29, 0.717) is 11.4 Å². The maximum Gasteiger partial charge on any atom is 0.265 e. The lowest BCUT2D eigenvalue weighted by atomic mass is 10.2. The predicted octanol–water partition coefficient (Wildman–Crippen LogP) is 1.85. The molecule has 0 bridgehead atoms. The molecule has 88 valence electrons. The van der Waals surface area contributed by atoms with E-state index in [1.54, 1.807) is 29.6 Å². The fraction of sp³-hybridized carbons (Fsp3) is 0.250. The molecule has 17 heavy (non-hydrogen) atoms. The summed E-state index contributed by atoms with van der Waals surface area (Å²) in [4.78, 5) is 18.3. The molecule has 0 radical (unpaired) electrons. The number of likely N-dealkylation sites (N-methyl/N-ethyl adjacent to an activating group) is 1. The van der Waals surface area contributed by atoms with Crippen LogP contribution in [0.5, 0.6) is 0 Å². The first kappa shape index (κ1) is 11.7. The highest BCUT2D eigenvalue weighted by Gasteiger charge is 2.12. The van der Waals surface area contributed by atoms with Gasteiger partial charge in [0.25, 0.3) is 5.91 Å². The van der Waals surface area contributed by atoms with Crippen LogP contribution in [0.1, 0.15) is 15.2 Å². The van der Waals surface area contributed by atoms with E-state index in [4.69, 9.17) is 0 Å². The largest absolute Gasteiger partial charge is 0.341 e. The molecule has 0 atom stereocenters. The normalized spacial score (nSPS) is 10.2. The third-order valence-electron chi connectivity index (χ3n) is 2.48. The van der Waals surface area contributed by atoms with Crippen molar-refractivity contribution in [3.05, 3.63) is 47.2 Å². The summed E-state index contributed by atoms with van der Waals surface area (Å²) in [5, 5.41) is 0. The van der Waals surface area contributed by atoms with Gasteiger partial charge in [-0.2, -0.15) is 0 Å². The molecular weight excluding hydrogens is 234 g/mol. The highest BCUT2D eigenvalue weighted by molar-refractivity contribution is 7.08. The predicted molar refractivity (Wildman–Crippen MR) is 67.0 cm³/mol. The fourth-order valence-electron chi connectivity index (χ4n) is 1.46. The van der Waals surface area contributed by atoms with Crippen molar-refractivity contribution in [2.24, 2.45) is 0 Å². The van der Waals surface area contributed by atoms with Crippen LogP contribution in [-0.4, -0.2) is 33.8 Å². The first-order chi connectivity index (χ1) is 8.27. The summed E-state index contributed by atoms with van der Waals surface area (Å²) in [7, 11) is 1.81. The van der Waals surface area contributed by atoms with Gasteiger partial charge in [0.15, 0.2) is 0 Å². The zero-order valence-corrected chi connectivity index (χ0v) is 10.4. The van der Waals surface area contributed by atoms with Gasteiger partial charge in [0.2, 0.25) is 0 Å². The lowest BCUT2D eigenvalue weighted by Gasteiger charge is -2.15. The topological polar surface area (TPSA) is 46.1 Å². The number of carbonyl (C=O) groups excluding carboxylic acids is 1. The van der Waals surface area contributed by atoms with Crippen molar-refractivity contribution in [2.45, 2.75) is 6.42 Å². The fourth-order valence-corrected chi connectivity index (χ4v) is 2.05. The number of rotatable bonds is 4. The third-order valence-corrected chi connectivity index (χ3v) is 3.22. The Hall–Kier alpha value is -1.75. The number of pyridine rings is 1. The standard InChI is InChI=1S/C12H13N3OS/c1-15(12(16)11-4-8-14-17-11)9-5-10-2-6-13-7-3-10/h2-4,6-8H,5,9H2,1H3. The van der Waals surface area contributed by atoms with Gasteiger partial charge in [-0.15, -0.1) is 0 Å². The van der Waals surface area contributed by atoms with Crippen molar-refractivity contribution in [2.75, 3.05) is 13.6 Å². The van der Waals surface area contributed by atoms with Gasteiger partial charge in [0.05, 0.1) is 0 Å².